The molecular weight excluding hydrogens is 254 g/mol. The molecule has 2 N–H and O–H groups in total. The maximum atomic E-state index is 5.93. The molecule has 3 aromatic rings. The molecule has 0 atom stereocenters. The van der Waals surface area contributed by atoms with Gasteiger partial charge in [-0.15, -0.1) is 11.3 Å². The molecule has 0 bridgehead atoms. The van der Waals surface area contributed by atoms with Crippen molar-refractivity contribution in [2.75, 3.05) is 5.73 Å². The smallest absolute Gasteiger partial charge is 0.134 e. The molecular formula is C15H13N3S. The zero-order chi connectivity index (χ0) is 12.8. The number of hydrogen-bond acceptors (Lipinski definition) is 4. The highest BCUT2D eigenvalue weighted by Crippen LogP contribution is 2.39. The summed E-state index contributed by atoms with van der Waals surface area (Å²) in [4.78, 5) is 9.07. The second-order valence-electron chi connectivity index (χ2n) is 4.96. The van der Waals surface area contributed by atoms with Crippen LogP contribution in [0.25, 0.3) is 21.3 Å². The Balaban J connectivity index is 1.93. The van der Waals surface area contributed by atoms with Crippen molar-refractivity contribution >= 4 is 27.2 Å². The Morgan fingerprint density at radius 2 is 2.05 bits per heavy atom. The van der Waals surface area contributed by atoms with Crippen molar-refractivity contribution < 1.29 is 0 Å². The van der Waals surface area contributed by atoms with Gasteiger partial charge in [-0.3, -0.25) is 0 Å². The van der Waals surface area contributed by atoms with Gasteiger partial charge in [-0.1, -0.05) is 18.2 Å². The number of benzene rings is 1. The van der Waals surface area contributed by atoms with E-state index >= 15 is 0 Å². The monoisotopic (exact) mass is 267 g/mol. The van der Waals surface area contributed by atoms with Crippen LogP contribution >= 0.6 is 11.3 Å². The van der Waals surface area contributed by atoms with Gasteiger partial charge in [0.1, 0.15) is 11.6 Å². The molecule has 4 rings (SSSR count). The summed E-state index contributed by atoms with van der Waals surface area (Å²) in [6.45, 7) is 0. The first kappa shape index (κ1) is 10.9. The van der Waals surface area contributed by atoms with E-state index in [0.29, 0.717) is 11.7 Å². The molecule has 1 fully saturated rings. The number of nitrogen functional groups attached to an aromatic ring is 1. The van der Waals surface area contributed by atoms with Gasteiger partial charge >= 0.3 is 0 Å². The van der Waals surface area contributed by atoms with Crippen LogP contribution in [-0.2, 0) is 0 Å². The molecule has 0 spiro atoms. The average molecular weight is 267 g/mol. The third kappa shape index (κ3) is 1.88. The largest absolute Gasteiger partial charge is 0.384 e. The van der Waals surface area contributed by atoms with Crippen molar-refractivity contribution in [1.29, 1.82) is 0 Å². The Hall–Kier alpha value is -1.94. The number of fused-ring (bicyclic) bond motifs is 1. The summed E-state index contributed by atoms with van der Waals surface area (Å²) in [5.74, 6) is 1.99. The van der Waals surface area contributed by atoms with E-state index in [4.69, 9.17) is 10.7 Å². The number of thiophene rings is 1. The summed E-state index contributed by atoms with van der Waals surface area (Å²) in [6, 6.07) is 10.3. The van der Waals surface area contributed by atoms with E-state index in [1.807, 2.05) is 6.07 Å². The van der Waals surface area contributed by atoms with Crippen LogP contribution in [0.5, 0.6) is 0 Å². The van der Waals surface area contributed by atoms with Gasteiger partial charge in [0.05, 0.1) is 5.69 Å². The van der Waals surface area contributed by atoms with E-state index in [0.717, 1.165) is 17.1 Å². The Kier molecular flexibility index (Phi) is 2.32. The molecule has 1 aliphatic carbocycles. The van der Waals surface area contributed by atoms with E-state index < -0.39 is 0 Å². The highest BCUT2D eigenvalue weighted by Gasteiger charge is 2.27. The first-order valence-corrected chi connectivity index (χ1v) is 7.30. The zero-order valence-electron chi connectivity index (χ0n) is 10.3. The molecule has 0 radical (unpaired) electrons. The fraction of sp³-hybridized carbons (Fsp3) is 0.200. The van der Waals surface area contributed by atoms with E-state index in [1.165, 1.54) is 22.9 Å². The Morgan fingerprint density at radius 3 is 2.89 bits per heavy atom. The van der Waals surface area contributed by atoms with Crippen LogP contribution in [0.4, 0.5) is 5.82 Å². The van der Waals surface area contributed by atoms with Crippen molar-refractivity contribution in [3.8, 4) is 11.3 Å². The van der Waals surface area contributed by atoms with Gasteiger partial charge in [0.2, 0.25) is 0 Å². The zero-order valence-corrected chi connectivity index (χ0v) is 11.2. The minimum absolute atomic E-state index is 0.518. The summed E-state index contributed by atoms with van der Waals surface area (Å²) in [7, 11) is 0. The van der Waals surface area contributed by atoms with Crippen LogP contribution in [-0.4, -0.2) is 9.97 Å². The van der Waals surface area contributed by atoms with Crippen molar-refractivity contribution in [3.05, 3.63) is 41.5 Å². The summed E-state index contributed by atoms with van der Waals surface area (Å²) in [5.41, 5.74) is 8.04. The Labute approximate surface area is 115 Å². The van der Waals surface area contributed by atoms with Gasteiger partial charge in [0.15, 0.2) is 0 Å². The van der Waals surface area contributed by atoms with Crippen LogP contribution in [0.2, 0.25) is 0 Å². The fourth-order valence-electron chi connectivity index (χ4n) is 2.34. The lowest BCUT2D eigenvalue weighted by Crippen LogP contribution is -2.00. The van der Waals surface area contributed by atoms with Crippen molar-refractivity contribution in [2.24, 2.45) is 0 Å². The number of nitrogens with two attached hydrogens (primary N) is 1. The minimum atomic E-state index is 0.518. The standard InChI is InChI=1S/C15H13N3S/c16-13-8-12(17-15(18-13)10-4-5-10)11-3-1-2-9-6-7-19-14(9)11/h1-3,6-8,10H,4-5H2,(H2,16,17,18). The molecule has 0 aliphatic heterocycles. The lowest BCUT2D eigenvalue weighted by molar-refractivity contribution is 0.936. The normalized spacial score (nSPS) is 14.9. The number of anilines is 1. The summed E-state index contributed by atoms with van der Waals surface area (Å²) in [6.07, 6.45) is 2.37. The number of nitrogens with zero attached hydrogens (tertiary/aromatic N) is 2. The molecule has 2 heterocycles. The molecule has 0 saturated heterocycles. The number of hydrogen-bond donors (Lipinski definition) is 1. The maximum Gasteiger partial charge on any atom is 0.134 e. The summed E-state index contributed by atoms with van der Waals surface area (Å²) in [5, 5.41) is 3.37. The second-order valence-corrected chi connectivity index (χ2v) is 5.87. The molecule has 0 amide bonds. The summed E-state index contributed by atoms with van der Waals surface area (Å²) >= 11 is 1.74. The van der Waals surface area contributed by atoms with Gasteiger partial charge < -0.3 is 5.73 Å². The predicted molar refractivity (Wildman–Crippen MR) is 79.2 cm³/mol. The lowest BCUT2D eigenvalue weighted by Gasteiger charge is -2.06. The first-order valence-electron chi connectivity index (χ1n) is 6.42. The van der Waals surface area contributed by atoms with Gasteiger partial charge in [0.25, 0.3) is 0 Å². The quantitative estimate of drug-likeness (QED) is 0.768. The molecule has 94 valence electrons. The van der Waals surface area contributed by atoms with Gasteiger partial charge in [-0.25, -0.2) is 9.97 Å². The third-order valence-electron chi connectivity index (χ3n) is 3.46. The Bertz CT molecular complexity index is 759. The van der Waals surface area contributed by atoms with Crippen LogP contribution in [0.1, 0.15) is 24.6 Å². The molecule has 0 unspecified atom stereocenters. The molecule has 1 saturated carbocycles. The lowest BCUT2D eigenvalue weighted by atomic mass is 10.1. The van der Waals surface area contributed by atoms with Crippen LogP contribution < -0.4 is 5.73 Å². The van der Waals surface area contributed by atoms with Gasteiger partial charge in [0, 0.05) is 22.2 Å². The fourth-order valence-corrected chi connectivity index (χ4v) is 3.26. The maximum absolute atomic E-state index is 5.93. The first-order chi connectivity index (χ1) is 9.31. The Morgan fingerprint density at radius 1 is 1.16 bits per heavy atom. The average Bonchev–Trinajstić information content (AvgIpc) is 3.15. The molecule has 19 heavy (non-hydrogen) atoms. The highest BCUT2D eigenvalue weighted by molar-refractivity contribution is 7.17. The van der Waals surface area contributed by atoms with Crippen molar-refractivity contribution in [2.45, 2.75) is 18.8 Å². The topological polar surface area (TPSA) is 51.8 Å². The second kappa shape index (κ2) is 4.03. The van der Waals surface area contributed by atoms with E-state index in [9.17, 15) is 0 Å². The van der Waals surface area contributed by atoms with Gasteiger partial charge in [-0.05, 0) is 29.7 Å². The minimum Gasteiger partial charge on any atom is -0.384 e. The molecule has 1 aromatic carbocycles. The predicted octanol–water partition coefficient (Wildman–Crippen LogP) is 3.82. The SMILES string of the molecule is Nc1cc(-c2cccc3ccsc23)nc(C2CC2)n1. The van der Waals surface area contributed by atoms with Crippen LogP contribution in [0, 0.1) is 0 Å². The van der Waals surface area contributed by atoms with E-state index in [1.54, 1.807) is 11.3 Å². The van der Waals surface area contributed by atoms with E-state index in [2.05, 4.69) is 34.6 Å². The number of aromatic nitrogens is 2. The van der Waals surface area contributed by atoms with Crippen molar-refractivity contribution in [3.63, 3.8) is 0 Å². The highest BCUT2D eigenvalue weighted by atomic mass is 32.1. The summed E-state index contributed by atoms with van der Waals surface area (Å²) < 4.78 is 1.27. The van der Waals surface area contributed by atoms with Crippen LogP contribution in [0.3, 0.4) is 0 Å². The molecule has 2 aromatic heterocycles. The van der Waals surface area contributed by atoms with Crippen LogP contribution in [0.15, 0.2) is 35.7 Å². The molecule has 1 aliphatic rings. The molecule has 4 heteroatoms. The molecule has 3 nitrogen and oxygen atoms in total. The van der Waals surface area contributed by atoms with Crippen molar-refractivity contribution in [1.82, 2.24) is 9.97 Å². The van der Waals surface area contributed by atoms with E-state index in [-0.39, 0.29) is 0 Å². The van der Waals surface area contributed by atoms with Gasteiger partial charge in [-0.2, -0.15) is 0 Å². The third-order valence-corrected chi connectivity index (χ3v) is 4.42. The number of rotatable bonds is 2.